The number of likely N-dealkylation sites (N-methyl/N-ethyl adjacent to an activating group) is 1. The summed E-state index contributed by atoms with van der Waals surface area (Å²) < 4.78 is 7.63. The molecule has 134 valence electrons. The van der Waals surface area contributed by atoms with Gasteiger partial charge < -0.3 is 14.5 Å². The van der Waals surface area contributed by atoms with E-state index in [-0.39, 0.29) is 18.5 Å². The van der Waals surface area contributed by atoms with Gasteiger partial charge in [0, 0.05) is 18.7 Å². The molecule has 25 heavy (non-hydrogen) atoms. The number of hydrogen-bond acceptors (Lipinski definition) is 5. The molecule has 1 unspecified atom stereocenters. The molecule has 2 aromatic rings. The standard InChI is InChI=1S/C18H25N5O2/c1-13-19-14(2)23(20-13)11-18(24)22-9-15-7-5-6-8-17(15)25-12-16(22)10-21(3)4/h5-8,16H,9-12H2,1-4H3. The fourth-order valence-corrected chi connectivity index (χ4v) is 3.16. The first-order valence-corrected chi connectivity index (χ1v) is 8.47. The topological polar surface area (TPSA) is 63.5 Å². The number of hydrogen-bond donors (Lipinski definition) is 0. The van der Waals surface area contributed by atoms with E-state index in [2.05, 4.69) is 15.0 Å². The molecule has 2 heterocycles. The van der Waals surface area contributed by atoms with Gasteiger partial charge in [-0.1, -0.05) is 18.2 Å². The van der Waals surface area contributed by atoms with Gasteiger partial charge in [0.15, 0.2) is 0 Å². The van der Waals surface area contributed by atoms with Crippen molar-refractivity contribution in [1.29, 1.82) is 0 Å². The van der Waals surface area contributed by atoms with Crippen LogP contribution in [0.2, 0.25) is 0 Å². The van der Waals surface area contributed by atoms with Crippen molar-refractivity contribution in [2.24, 2.45) is 0 Å². The first kappa shape index (κ1) is 17.4. The zero-order valence-electron chi connectivity index (χ0n) is 15.3. The first-order valence-electron chi connectivity index (χ1n) is 8.47. The van der Waals surface area contributed by atoms with E-state index in [1.54, 1.807) is 4.68 Å². The molecule has 7 nitrogen and oxygen atoms in total. The molecule has 1 aromatic heterocycles. The summed E-state index contributed by atoms with van der Waals surface area (Å²) in [5.74, 6) is 2.32. The van der Waals surface area contributed by atoms with Crippen LogP contribution in [0.4, 0.5) is 0 Å². The van der Waals surface area contributed by atoms with Crippen LogP contribution in [0.3, 0.4) is 0 Å². The van der Waals surface area contributed by atoms with Gasteiger partial charge in [-0.05, 0) is 34.0 Å². The highest BCUT2D eigenvalue weighted by Crippen LogP contribution is 2.25. The summed E-state index contributed by atoms with van der Waals surface area (Å²) in [6.07, 6.45) is 0. The smallest absolute Gasteiger partial charge is 0.245 e. The zero-order chi connectivity index (χ0) is 18.0. The minimum Gasteiger partial charge on any atom is -0.491 e. The molecule has 0 saturated heterocycles. The van der Waals surface area contributed by atoms with E-state index in [4.69, 9.17) is 4.74 Å². The third-order valence-electron chi connectivity index (χ3n) is 4.33. The molecule has 3 rings (SSSR count). The number of ether oxygens (including phenoxy) is 1. The summed E-state index contributed by atoms with van der Waals surface area (Å²) in [5.41, 5.74) is 1.03. The average Bonchev–Trinajstić information content (AvgIpc) is 2.77. The summed E-state index contributed by atoms with van der Waals surface area (Å²) in [7, 11) is 4.01. The Morgan fingerprint density at radius 1 is 1.32 bits per heavy atom. The van der Waals surface area contributed by atoms with Crippen molar-refractivity contribution < 1.29 is 9.53 Å². The van der Waals surface area contributed by atoms with Crippen LogP contribution in [-0.2, 0) is 17.9 Å². The van der Waals surface area contributed by atoms with E-state index in [0.29, 0.717) is 19.0 Å². The molecule has 0 aliphatic carbocycles. The minimum absolute atomic E-state index is 0.0141. The molecule has 1 amide bonds. The summed E-state index contributed by atoms with van der Waals surface area (Å²) in [6.45, 7) is 5.66. The molecule has 0 bridgehead atoms. The normalized spacial score (nSPS) is 17.2. The molecular formula is C18H25N5O2. The molecule has 0 spiro atoms. The van der Waals surface area contributed by atoms with E-state index in [1.807, 2.05) is 57.1 Å². The van der Waals surface area contributed by atoms with Crippen LogP contribution in [0.5, 0.6) is 5.75 Å². The lowest BCUT2D eigenvalue weighted by Gasteiger charge is -2.31. The molecular weight excluding hydrogens is 318 g/mol. The summed E-state index contributed by atoms with van der Waals surface area (Å²) in [6, 6.07) is 7.89. The number of amides is 1. The van der Waals surface area contributed by atoms with Gasteiger partial charge in [-0.3, -0.25) is 4.79 Å². The monoisotopic (exact) mass is 343 g/mol. The summed E-state index contributed by atoms with van der Waals surface area (Å²) in [5, 5.41) is 4.32. The second kappa shape index (κ2) is 7.23. The first-order chi connectivity index (χ1) is 11.9. The Labute approximate surface area is 148 Å². The van der Waals surface area contributed by atoms with Crippen molar-refractivity contribution in [1.82, 2.24) is 24.6 Å². The molecule has 1 aliphatic rings. The lowest BCUT2D eigenvalue weighted by atomic mass is 10.1. The maximum absolute atomic E-state index is 13.0. The van der Waals surface area contributed by atoms with Crippen molar-refractivity contribution in [2.45, 2.75) is 33.0 Å². The van der Waals surface area contributed by atoms with Crippen molar-refractivity contribution in [3.8, 4) is 5.75 Å². The molecule has 0 radical (unpaired) electrons. The fourth-order valence-electron chi connectivity index (χ4n) is 3.16. The highest BCUT2D eigenvalue weighted by molar-refractivity contribution is 5.76. The number of benzene rings is 1. The highest BCUT2D eigenvalue weighted by Gasteiger charge is 2.29. The van der Waals surface area contributed by atoms with Gasteiger partial charge in [0.25, 0.3) is 0 Å². The number of nitrogens with zero attached hydrogens (tertiary/aromatic N) is 5. The van der Waals surface area contributed by atoms with Gasteiger partial charge >= 0.3 is 0 Å². The molecule has 1 aliphatic heterocycles. The Kier molecular flexibility index (Phi) is 5.03. The lowest BCUT2D eigenvalue weighted by Crippen LogP contribution is -2.48. The number of aryl methyl sites for hydroxylation is 2. The van der Waals surface area contributed by atoms with Gasteiger partial charge in [0.2, 0.25) is 5.91 Å². The Hall–Kier alpha value is -2.41. The Balaban J connectivity index is 1.85. The summed E-state index contributed by atoms with van der Waals surface area (Å²) >= 11 is 0. The van der Waals surface area contributed by atoms with Crippen LogP contribution in [0.15, 0.2) is 24.3 Å². The molecule has 0 N–H and O–H groups in total. The second-order valence-corrected chi connectivity index (χ2v) is 6.72. The maximum Gasteiger partial charge on any atom is 0.245 e. The number of carbonyl (C=O) groups excluding carboxylic acids is 1. The Bertz CT molecular complexity index is 756. The SMILES string of the molecule is Cc1nc(C)n(CC(=O)N2Cc3ccccc3OCC2CN(C)C)n1. The van der Waals surface area contributed by atoms with E-state index < -0.39 is 0 Å². The highest BCUT2D eigenvalue weighted by atomic mass is 16.5. The van der Waals surface area contributed by atoms with Gasteiger partial charge in [-0.2, -0.15) is 5.10 Å². The Morgan fingerprint density at radius 2 is 2.08 bits per heavy atom. The number of fused-ring (bicyclic) bond motifs is 1. The zero-order valence-corrected chi connectivity index (χ0v) is 15.3. The Morgan fingerprint density at radius 3 is 2.76 bits per heavy atom. The van der Waals surface area contributed by atoms with Crippen LogP contribution in [0.25, 0.3) is 0 Å². The quantitative estimate of drug-likeness (QED) is 0.836. The molecule has 1 atom stereocenters. The van der Waals surface area contributed by atoms with Gasteiger partial charge in [0.05, 0.1) is 6.04 Å². The molecule has 0 saturated carbocycles. The van der Waals surface area contributed by atoms with Crippen molar-refractivity contribution in [3.05, 3.63) is 41.5 Å². The second-order valence-electron chi connectivity index (χ2n) is 6.72. The average molecular weight is 343 g/mol. The predicted molar refractivity (Wildman–Crippen MR) is 94.3 cm³/mol. The van der Waals surface area contributed by atoms with Gasteiger partial charge in [0.1, 0.15) is 30.5 Å². The third kappa shape index (κ3) is 3.99. The number of carbonyl (C=O) groups is 1. The van der Waals surface area contributed by atoms with Crippen molar-refractivity contribution >= 4 is 5.91 Å². The lowest BCUT2D eigenvalue weighted by molar-refractivity contribution is -0.135. The van der Waals surface area contributed by atoms with E-state index in [9.17, 15) is 4.79 Å². The largest absolute Gasteiger partial charge is 0.491 e. The van der Waals surface area contributed by atoms with E-state index >= 15 is 0 Å². The van der Waals surface area contributed by atoms with Crippen LogP contribution < -0.4 is 4.74 Å². The van der Waals surface area contributed by atoms with Crippen LogP contribution >= 0.6 is 0 Å². The van der Waals surface area contributed by atoms with Crippen LogP contribution in [-0.4, -0.2) is 63.8 Å². The van der Waals surface area contributed by atoms with Gasteiger partial charge in [-0.25, -0.2) is 9.67 Å². The minimum atomic E-state index is -0.0141. The number of rotatable bonds is 4. The predicted octanol–water partition coefficient (Wildman–Crippen LogP) is 1.25. The van der Waals surface area contributed by atoms with E-state index in [0.717, 1.165) is 23.7 Å². The number of aromatic nitrogens is 3. The summed E-state index contributed by atoms with van der Waals surface area (Å²) in [4.78, 5) is 21.3. The van der Waals surface area contributed by atoms with Crippen LogP contribution in [0, 0.1) is 13.8 Å². The molecule has 1 aromatic carbocycles. The molecule has 7 heteroatoms. The van der Waals surface area contributed by atoms with Crippen LogP contribution in [0.1, 0.15) is 17.2 Å². The van der Waals surface area contributed by atoms with Crippen molar-refractivity contribution in [2.75, 3.05) is 27.2 Å². The van der Waals surface area contributed by atoms with Crippen molar-refractivity contribution in [3.63, 3.8) is 0 Å². The fraction of sp³-hybridized carbons (Fsp3) is 0.500. The van der Waals surface area contributed by atoms with E-state index in [1.165, 1.54) is 0 Å². The van der Waals surface area contributed by atoms with Gasteiger partial charge in [-0.15, -0.1) is 0 Å². The molecule has 0 fully saturated rings. The number of para-hydroxylation sites is 1. The third-order valence-corrected chi connectivity index (χ3v) is 4.33. The maximum atomic E-state index is 13.0.